The Morgan fingerprint density at radius 2 is 1.65 bits per heavy atom. The van der Waals surface area contributed by atoms with Crippen LogP contribution in [-0.2, 0) is 4.57 Å². The van der Waals surface area contributed by atoms with Gasteiger partial charge >= 0.3 is 5.63 Å². The number of hydrogen-bond donors (Lipinski definition) is 1. The van der Waals surface area contributed by atoms with Gasteiger partial charge < -0.3 is 33.2 Å². The Kier molecular flexibility index (Phi) is 4.62. The van der Waals surface area contributed by atoms with Crippen LogP contribution in [0.5, 0.6) is 5.75 Å². The molecule has 0 amide bonds. The van der Waals surface area contributed by atoms with Crippen LogP contribution in [0.2, 0.25) is 0 Å². The van der Waals surface area contributed by atoms with Gasteiger partial charge in [-0.15, -0.1) is 0 Å². The summed E-state index contributed by atoms with van der Waals surface area (Å²) < 4.78 is 19.3. The monoisotopic (exact) mass is 374 g/mol. The quantitative estimate of drug-likeness (QED) is 0.369. The second-order valence-corrected chi connectivity index (χ2v) is 6.00. The minimum absolute atomic E-state index is 0.0419. The van der Waals surface area contributed by atoms with Gasteiger partial charge in [-0.1, -0.05) is 12.1 Å². The largest absolute Gasteiger partial charge is 0.822 e. The Morgan fingerprint density at radius 1 is 0.962 bits per heavy atom. The number of fused-ring (bicyclic) bond motifs is 2. The maximum atomic E-state index is 12.1. The first kappa shape index (κ1) is 17.8. The molecule has 0 aliphatic rings. The third kappa shape index (κ3) is 4.16. The fourth-order valence-electron chi connectivity index (χ4n) is 2.24. The molecule has 0 unspecified atom stereocenters. The van der Waals surface area contributed by atoms with Crippen molar-refractivity contribution in [3.63, 3.8) is 0 Å². The van der Waals surface area contributed by atoms with Crippen LogP contribution in [-0.4, -0.2) is 10.1 Å². The molecule has 2 aromatic heterocycles. The molecule has 10 heteroatoms. The Balaban J connectivity index is 0.000000349. The number of rotatable bonds is 1. The average molecular weight is 374 g/mol. The molecule has 0 saturated carbocycles. The van der Waals surface area contributed by atoms with Gasteiger partial charge in [0.15, 0.2) is 5.58 Å². The molecule has 0 aliphatic heterocycles. The zero-order chi connectivity index (χ0) is 18.9. The lowest BCUT2D eigenvalue weighted by Crippen LogP contribution is -2.24. The number of benzene rings is 2. The number of aromatic hydroxyl groups is 1. The minimum Gasteiger partial charge on any atom is -0.822 e. The number of para-hydroxylation sites is 2. The lowest BCUT2D eigenvalue weighted by molar-refractivity contribution is -0.432. The van der Waals surface area contributed by atoms with Crippen molar-refractivity contribution in [1.29, 1.82) is 0 Å². The summed E-state index contributed by atoms with van der Waals surface area (Å²) in [5.41, 5.74) is 1.30. The second-order valence-electron chi connectivity index (χ2n) is 5.10. The zero-order valence-electron chi connectivity index (χ0n) is 12.8. The third-order valence-electron chi connectivity index (χ3n) is 3.24. The molecule has 0 aliphatic carbocycles. The van der Waals surface area contributed by atoms with E-state index in [-0.39, 0.29) is 17.2 Å². The summed E-state index contributed by atoms with van der Waals surface area (Å²) in [6.45, 7) is 0. The first-order valence-electron chi connectivity index (χ1n) is 7.06. The standard InChI is InChI=1S/C16H9NO4.H3O4P/c18-10-6-5-9-7-11(16(19)21-14(9)8-10)15-17-12-3-1-2-4-13(12)20-15;1-5(2,3)4/h1-8,18H;(H3,1,2,3,4)/p-3. The smallest absolute Gasteiger partial charge is 0.349 e. The van der Waals surface area contributed by atoms with E-state index in [1.165, 1.54) is 12.1 Å². The molecule has 134 valence electrons. The number of phosphoric acid groups is 1. The van der Waals surface area contributed by atoms with Crippen molar-refractivity contribution in [2.75, 3.05) is 0 Å². The molecule has 9 nitrogen and oxygen atoms in total. The fraction of sp³-hybridized carbons (Fsp3) is 0. The highest BCUT2D eigenvalue weighted by atomic mass is 31.2. The Labute approximate surface area is 145 Å². The number of nitrogens with zero attached hydrogens (tertiary/aromatic N) is 1. The summed E-state index contributed by atoms with van der Waals surface area (Å²) in [7, 11) is -5.39. The van der Waals surface area contributed by atoms with E-state index in [1.54, 1.807) is 18.2 Å². The van der Waals surface area contributed by atoms with Crippen molar-refractivity contribution in [2.45, 2.75) is 0 Å². The van der Waals surface area contributed by atoms with Gasteiger partial charge in [0, 0.05) is 11.5 Å². The van der Waals surface area contributed by atoms with Crippen LogP contribution in [0.4, 0.5) is 0 Å². The molecular weight excluding hydrogens is 365 g/mol. The average Bonchev–Trinajstić information content (AvgIpc) is 2.96. The van der Waals surface area contributed by atoms with Crippen molar-refractivity contribution < 1.29 is 33.2 Å². The Bertz CT molecular complexity index is 1150. The molecule has 0 fully saturated rings. The second kappa shape index (κ2) is 6.74. The molecule has 26 heavy (non-hydrogen) atoms. The lowest BCUT2D eigenvalue weighted by atomic mass is 10.2. The number of phenolic OH excluding ortho intramolecular Hbond substituents is 1. The molecule has 1 N–H and O–H groups in total. The number of phenols is 1. The zero-order valence-corrected chi connectivity index (χ0v) is 13.7. The highest BCUT2D eigenvalue weighted by Gasteiger charge is 2.14. The van der Waals surface area contributed by atoms with E-state index in [1.807, 2.05) is 18.2 Å². The molecule has 2 aromatic carbocycles. The van der Waals surface area contributed by atoms with E-state index in [0.717, 1.165) is 0 Å². The normalized spacial score (nSPS) is 11.3. The van der Waals surface area contributed by atoms with Crippen molar-refractivity contribution in [2.24, 2.45) is 0 Å². The van der Waals surface area contributed by atoms with Gasteiger partial charge in [0.25, 0.3) is 0 Å². The summed E-state index contributed by atoms with van der Waals surface area (Å²) in [6, 6.07) is 13.5. The maximum Gasteiger partial charge on any atom is 0.349 e. The summed E-state index contributed by atoms with van der Waals surface area (Å²) in [5, 5.41) is 10.1. The fourth-order valence-corrected chi connectivity index (χ4v) is 2.24. The van der Waals surface area contributed by atoms with Gasteiger partial charge in [-0.3, -0.25) is 0 Å². The predicted octanol–water partition coefficient (Wildman–Crippen LogP) is 0.482. The molecule has 4 aromatic rings. The van der Waals surface area contributed by atoms with E-state index < -0.39 is 13.4 Å². The molecule has 4 rings (SSSR count). The molecule has 0 radical (unpaired) electrons. The number of aromatic nitrogens is 1. The van der Waals surface area contributed by atoms with Crippen molar-refractivity contribution in [3.05, 3.63) is 59.0 Å². The first-order valence-corrected chi connectivity index (χ1v) is 8.53. The molecule has 0 bridgehead atoms. The van der Waals surface area contributed by atoms with Gasteiger partial charge in [-0.25, -0.2) is 9.78 Å². The summed E-state index contributed by atoms with van der Waals surface area (Å²) in [5.74, 6) is 0.264. The van der Waals surface area contributed by atoms with E-state index in [2.05, 4.69) is 4.98 Å². The van der Waals surface area contributed by atoms with Crippen LogP contribution in [0.15, 0.2) is 62.2 Å². The summed E-state index contributed by atoms with van der Waals surface area (Å²) in [4.78, 5) is 42.0. The van der Waals surface area contributed by atoms with Crippen LogP contribution in [0.25, 0.3) is 33.5 Å². The summed E-state index contributed by atoms with van der Waals surface area (Å²) >= 11 is 0. The van der Waals surface area contributed by atoms with Gasteiger partial charge in [-0.05, 0) is 30.3 Å². The van der Waals surface area contributed by atoms with Crippen molar-refractivity contribution in [1.82, 2.24) is 4.98 Å². The van der Waals surface area contributed by atoms with Crippen LogP contribution in [0, 0.1) is 0 Å². The topological polar surface area (TPSA) is 163 Å². The van der Waals surface area contributed by atoms with Crippen molar-refractivity contribution >= 4 is 29.9 Å². The molecule has 0 atom stereocenters. The third-order valence-corrected chi connectivity index (χ3v) is 3.24. The van der Waals surface area contributed by atoms with Crippen LogP contribution < -0.4 is 20.3 Å². The van der Waals surface area contributed by atoms with E-state index in [9.17, 15) is 9.90 Å². The number of oxazole rings is 1. The van der Waals surface area contributed by atoms with Crippen LogP contribution in [0.1, 0.15) is 0 Å². The molecule has 2 heterocycles. The van der Waals surface area contributed by atoms with Gasteiger partial charge in [0.05, 0.1) is 0 Å². The predicted molar refractivity (Wildman–Crippen MR) is 84.8 cm³/mol. The minimum atomic E-state index is -5.39. The highest BCUT2D eigenvalue weighted by Crippen LogP contribution is 2.25. The van der Waals surface area contributed by atoms with Gasteiger partial charge in [0.2, 0.25) is 5.89 Å². The summed E-state index contributed by atoms with van der Waals surface area (Å²) in [6.07, 6.45) is 0. The number of hydrogen-bond acceptors (Lipinski definition) is 9. The van der Waals surface area contributed by atoms with E-state index >= 15 is 0 Å². The van der Waals surface area contributed by atoms with E-state index in [4.69, 9.17) is 28.1 Å². The van der Waals surface area contributed by atoms with Crippen LogP contribution >= 0.6 is 7.82 Å². The molecular formula is C16H9NO8P-3. The van der Waals surface area contributed by atoms with Gasteiger partial charge in [-0.2, -0.15) is 7.82 Å². The first-order chi connectivity index (χ1) is 12.2. The maximum absolute atomic E-state index is 12.1. The lowest BCUT2D eigenvalue weighted by Gasteiger charge is -2.36. The Hall–Kier alpha value is -2.97. The van der Waals surface area contributed by atoms with Crippen LogP contribution in [0.3, 0.4) is 0 Å². The molecule has 0 saturated heterocycles. The van der Waals surface area contributed by atoms with Crippen molar-refractivity contribution in [3.8, 4) is 17.2 Å². The van der Waals surface area contributed by atoms with E-state index in [0.29, 0.717) is 22.1 Å². The SMILES string of the molecule is O=P([O-])([O-])[O-].O=c1oc2cc(O)ccc2cc1-c1nc2ccccc2o1. The molecule has 0 spiro atoms. The highest BCUT2D eigenvalue weighted by molar-refractivity contribution is 7.40. The van der Waals surface area contributed by atoms with Gasteiger partial charge in [0.1, 0.15) is 22.4 Å². The Morgan fingerprint density at radius 3 is 2.35 bits per heavy atom.